The summed E-state index contributed by atoms with van der Waals surface area (Å²) in [6.07, 6.45) is 1.73. The van der Waals surface area contributed by atoms with E-state index in [1.54, 1.807) is 6.20 Å². The zero-order valence-corrected chi connectivity index (χ0v) is 24.5. The molecule has 12 nitrogen and oxygen atoms in total. The minimum Gasteiger partial charge on any atom is -0.378 e. The molecule has 5 rings (SSSR count). The van der Waals surface area contributed by atoms with Crippen LogP contribution in [0, 0.1) is 6.92 Å². The van der Waals surface area contributed by atoms with Crippen LogP contribution < -0.4 is 15.5 Å². The number of amides is 1. The van der Waals surface area contributed by atoms with Gasteiger partial charge in [0.25, 0.3) is 16.0 Å². The molecular weight excluding hydrogens is 558 g/mol. The number of ether oxygens (including phenoxy) is 1. The summed E-state index contributed by atoms with van der Waals surface area (Å²) in [5, 5.41) is 6.28. The van der Waals surface area contributed by atoms with E-state index >= 15 is 0 Å². The van der Waals surface area contributed by atoms with E-state index in [1.165, 1.54) is 0 Å². The number of piperazine rings is 1. The van der Waals surface area contributed by atoms with Gasteiger partial charge in [-0.25, -0.2) is 4.98 Å². The molecule has 2 aliphatic heterocycles. The van der Waals surface area contributed by atoms with Gasteiger partial charge in [0, 0.05) is 75.5 Å². The summed E-state index contributed by atoms with van der Waals surface area (Å²) in [6.45, 7) is 9.10. The van der Waals surface area contributed by atoms with Gasteiger partial charge in [0.15, 0.2) is 0 Å². The molecule has 42 heavy (non-hydrogen) atoms. The van der Waals surface area contributed by atoms with Crippen molar-refractivity contribution in [2.24, 2.45) is 0 Å². The highest BCUT2D eigenvalue weighted by Crippen LogP contribution is 2.24. The van der Waals surface area contributed by atoms with Crippen molar-refractivity contribution in [2.75, 3.05) is 80.3 Å². The summed E-state index contributed by atoms with van der Waals surface area (Å²) >= 11 is 0. The number of aryl methyl sites for hydroxylation is 1. The third-order valence-electron chi connectivity index (χ3n) is 7.47. The van der Waals surface area contributed by atoms with Gasteiger partial charge in [-0.1, -0.05) is 18.2 Å². The highest BCUT2D eigenvalue weighted by Gasteiger charge is 2.19. The average Bonchev–Trinajstić information content (AvgIpc) is 2.99. The van der Waals surface area contributed by atoms with Crippen molar-refractivity contribution in [3.8, 4) is 0 Å². The Morgan fingerprint density at radius 1 is 0.976 bits per heavy atom. The molecular formula is C29H37N7O5S. The van der Waals surface area contributed by atoms with Crippen molar-refractivity contribution in [2.45, 2.75) is 13.5 Å². The number of carbonyl (C=O) groups is 1. The predicted octanol–water partition coefficient (Wildman–Crippen LogP) is 2.62. The molecule has 2 aliphatic rings. The normalized spacial score (nSPS) is 16.8. The number of nitrogens with one attached hydrogen (secondary N) is 2. The molecule has 0 radical (unpaired) electrons. The van der Waals surface area contributed by atoms with E-state index in [1.807, 2.05) is 60.4 Å². The van der Waals surface area contributed by atoms with E-state index < -0.39 is 10.1 Å². The van der Waals surface area contributed by atoms with Crippen LogP contribution in [0.5, 0.6) is 0 Å². The lowest BCUT2D eigenvalue weighted by molar-refractivity contribution is 0.102. The van der Waals surface area contributed by atoms with Crippen molar-refractivity contribution >= 4 is 39.2 Å². The van der Waals surface area contributed by atoms with E-state index in [0.29, 0.717) is 37.0 Å². The lowest BCUT2D eigenvalue weighted by Crippen LogP contribution is -2.47. The molecule has 0 bridgehead atoms. The number of aromatic nitrogens is 2. The molecule has 3 aromatic rings. The first-order valence-electron chi connectivity index (χ1n) is 14.1. The van der Waals surface area contributed by atoms with Crippen LogP contribution >= 0.6 is 0 Å². The maximum atomic E-state index is 13.0. The van der Waals surface area contributed by atoms with Crippen LogP contribution in [0.2, 0.25) is 0 Å². The van der Waals surface area contributed by atoms with Crippen molar-refractivity contribution in [1.82, 2.24) is 19.8 Å². The Balaban J connectivity index is 1.14. The number of hydrogen-bond acceptors (Lipinski definition) is 10. The second-order valence-corrected chi connectivity index (χ2v) is 12.1. The minimum atomic E-state index is -3.94. The van der Waals surface area contributed by atoms with Crippen LogP contribution in [0.1, 0.15) is 21.5 Å². The molecule has 0 aliphatic carbocycles. The molecule has 1 amide bonds. The topological polar surface area (TPSA) is 140 Å². The average molecular weight is 596 g/mol. The van der Waals surface area contributed by atoms with Crippen molar-refractivity contribution < 1.29 is 22.5 Å². The van der Waals surface area contributed by atoms with Crippen LogP contribution in [0.4, 0.5) is 23.1 Å². The van der Waals surface area contributed by atoms with Crippen molar-refractivity contribution in [1.29, 1.82) is 0 Å². The van der Waals surface area contributed by atoms with Gasteiger partial charge < -0.3 is 20.3 Å². The van der Waals surface area contributed by atoms with Crippen LogP contribution in [-0.4, -0.2) is 103 Å². The van der Waals surface area contributed by atoms with Gasteiger partial charge >= 0.3 is 0 Å². The molecule has 1 aromatic heterocycles. The molecule has 0 spiro atoms. The van der Waals surface area contributed by atoms with Gasteiger partial charge in [-0.2, -0.15) is 13.4 Å². The number of hydrogen-bond donors (Lipinski definition) is 3. The monoisotopic (exact) mass is 595 g/mol. The van der Waals surface area contributed by atoms with Gasteiger partial charge in [-0.05, 0) is 48.4 Å². The van der Waals surface area contributed by atoms with Crippen molar-refractivity contribution in [3.63, 3.8) is 0 Å². The summed E-state index contributed by atoms with van der Waals surface area (Å²) in [4.78, 5) is 28.6. The lowest BCUT2D eigenvalue weighted by atomic mass is 10.1. The first kappa shape index (κ1) is 29.9. The molecule has 0 unspecified atom stereocenters. The predicted molar refractivity (Wildman–Crippen MR) is 162 cm³/mol. The third-order valence-corrected chi connectivity index (χ3v) is 8.17. The zero-order valence-electron chi connectivity index (χ0n) is 23.7. The quantitative estimate of drug-likeness (QED) is 0.298. The summed E-state index contributed by atoms with van der Waals surface area (Å²) in [5.41, 5.74) is 4.12. The second-order valence-electron chi connectivity index (χ2n) is 10.5. The highest BCUT2D eigenvalue weighted by atomic mass is 32.2. The Labute approximate surface area is 246 Å². The van der Waals surface area contributed by atoms with Crippen molar-refractivity contribution in [3.05, 3.63) is 71.4 Å². The van der Waals surface area contributed by atoms with Crippen LogP contribution in [0.15, 0.2) is 54.7 Å². The first-order valence-corrected chi connectivity index (χ1v) is 15.7. The Kier molecular flexibility index (Phi) is 9.65. The Hall–Kier alpha value is -3.62. The summed E-state index contributed by atoms with van der Waals surface area (Å²) < 4.78 is 36.4. The number of benzene rings is 2. The van der Waals surface area contributed by atoms with E-state index in [2.05, 4.69) is 30.4 Å². The maximum Gasteiger partial charge on any atom is 0.266 e. The fourth-order valence-corrected chi connectivity index (χ4v) is 5.46. The number of nitrogens with zero attached hydrogens (tertiary/aromatic N) is 5. The van der Waals surface area contributed by atoms with E-state index in [9.17, 15) is 13.2 Å². The number of anilines is 4. The number of morpholine rings is 1. The van der Waals surface area contributed by atoms with Gasteiger partial charge in [0.05, 0.1) is 19.0 Å². The van der Waals surface area contributed by atoms with Crippen LogP contribution in [0.25, 0.3) is 0 Å². The van der Waals surface area contributed by atoms with Gasteiger partial charge in [-0.15, -0.1) is 0 Å². The second kappa shape index (κ2) is 13.6. The minimum absolute atomic E-state index is 0.200. The maximum absolute atomic E-state index is 13.0. The Morgan fingerprint density at radius 2 is 1.69 bits per heavy atom. The first-order chi connectivity index (χ1) is 20.2. The van der Waals surface area contributed by atoms with Crippen LogP contribution in [0.3, 0.4) is 0 Å². The summed E-state index contributed by atoms with van der Waals surface area (Å²) in [5.74, 6) is 0.892. The smallest absolute Gasteiger partial charge is 0.266 e. The molecule has 2 saturated heterocycles. The molecule has 3 N–H and O–H groups in total. The fourth-order valence-electron chi connectivity index (χ4n) is 4.97. The molecule has 224 valence electrons. The van der Waals surface area contributed by atoms with E-state index in [4.69, 9.17) is 9.29 Å². The molecule has 2 aromatic carbocycles. The van der Waals surface area contributed by atoms with E-state index in [-0.39, 0.29) is 11.7 Å². The largest absolute Gasteiger partial charge is 0.378 e. The van der Waals surface area contributed by atoms with Crippen LogP contribution in [-0.2, 0) is 21.4 Å². The number of carbonyl (C=O) groups excluding carboxylic acids is 1. The molecule has 13 heteroatoms. The standard InChI is InChI=1S/C29H37N7O5S/c1-22-2-7-25(20-26(22)32-29-30-9-8-27(33-29)36-14-17-41-18-15-36)31-28(37)24-5-3-23(4-6-24)21-35-12-10-34(11-13-35)16-19-42(38,39)40/h2-9,20H,10-19,21H2,1H3,(H,31,37)(H,30,32,33)(H,38,39,40). The molecule has 0 atom stereocenters. The zero-order chi connectivity index (χ0) is 29.5. The van der Waals surface area contributed by atoms with E-state index in [0.717, 1.165) is 68.4 Å². The molecule has 2 fully saturated rings. The van der Waals surface area contributed by atoms with Gasteiger partial charge in [0.1, 0.15) is 5.82 Å². The highest BCUT2D eigenvalue weighted by molar-refractivity contribution is 7.85. The number of rotatable bonds is 10. The molecule has 3 heterocycles. The third kappa shape index (κ3) is 8.46. The summed E-state index contributed by atoms with van der Waals surface area (Å²) in [6, 6.07) is 15.1. The summed E-state index contributed by atoms with van der Waals surface area (Å²) in [7, 11) is -3.94. The fraction of sp³-hybridized carbons (Fsp3) is 0.414. The molecule has 0 saturated carbocycles. The lowest BCUT2D eigenvalue weighted by Gasteiger charge is -2.34. The SMILES string of the molecule is Cc1ccc(NC(=O)c2ccc(CN3CCN(CCS(=O)(=O)O)CC3)cc2)cc1Nc1nccc(N2CCOCC2)n1. The Morgan fingerprint density at radius 3 is 2.40 bits per heavy atom. The Bertz CT molecular complexity index is 1470. The van der Waals surface area contributed by atoms with Gasteiger partial charge in [0.2, 0.25) is 5.95 Å². The van der Waals surface area contributed by atoms with Gasteiger partial charge in [-0.3, -0.25) is 19.1 Å².